The summed E-state index contributed by atoms with van der Waals surface area (Å²) < 4.78 is 0. The highest BCUT2D eigenvalue weighted by atomic mass is 32.1. The highest BCUT2D eigenvalue weighted by molar-refractivity contribution is 7.14. The van der Waals surface area contributed by atoms with Gasteiger partial charge in [-0.05, 0) is 36.6 Å². The van der Waals surface area contributed by atoms with Crippen molar-refractivity contribution in [2.75, 3.05) is 25.0 Å². The largest absolute Gasteiger partial charge is 0.478 e. The van der Waals surface area contributed by atoms with Crippen molar-refractivity contribution >= 4 is 28.3 Å². The molecule has 3 N–H and O–H groups in total. The Balaban J connectivity index is 1.97. The summed E-state index contributed by atoms with van der Waals surface area (Å²) in [6, 6.07) is 1.21. The summed E-state index contributed by atoms with van der Waals surface area (Å²) in [5, 5.41) is 22.6. The van der Waals surface area contributed by atoms with E-state index in [2.05, 4.69) is 5.32 Å². The Kier molecular flexibility index (Phi) is 4.97. The van der Waals surface area contributed by atoms with Gasteiger partial charge in [0.2, 0.25) is 0 Å². The number of thiophene rings is 1. The zero-order chi connectivity index (χ0) is 14.5. The number of carbonyl (C=O) groups excluding carboxylic acids is 1. The number of carbonyl (C=O) groups is 2. The van der Waals surface area contributed by atoms with E-state index in [1.807, 2.05) is 0 Å². The predicted octanol–water partition coefficient (Wildman–Crippen LogP) is 2.07. The topological polar surface area (TPSA) is 89.9 Å². The molecule has 2 amide bonds. The Labute approximate surface area is 121 Å². The zero-order valence-corrected chi connectivity index (χ0v) is 11.9. The van der Waals surface area contributed by atoms with Crippen molar-refractivity contribution in [3.63, 3.8) is 0 Å². The average Bonchev–Trinajstić information content (AvgIpc) is 2.88. The van der Waals surface area contributed by atoms with Crippen LogP contribution in [0.25, 0.3) is 0 Å². The molecule has 1 aliphatic rings. The van der Waals surface area contributed by atoms with Crippen LogP contribution in [0.1, 0.15) is 29.6 Å². The SMILES string of the molecule is O=C(O)c1ccsc1NC(=O)N1CCCC(CCO)C1. The molecule has 110 valence electrons. The summed E-state index contributed by atoms with van der Waals surface area (Å²) in [4.78, 5) is 24.8. The molecule has 1 saturated heterocycles. The summed E-state index contributed by atoms with van der Waals surface area (Å²) in [7, 11) is 0. The first-order valence-electron chi connectivity index (χ1n) is 6.59. The van der Waals surface area contributed by atoms with Gasteiger partial charge in [-0.15, -0.1) is 11.3 Å². The lowest BCUT2D eigenvalue weighted by Gasteiger charge is -2.32. The molecule has 20 heavy (non-hydrogen) atoms. The lowest BCUT2D eigenvalue weighted by atomic mass is 9.95. The summed E-state index contributed by atoms with van der Waals surface area (Å²) in [6.45, 7) is 1.41. The minimum atomic E-state index is -1.04. The summed E-state index contributed by atoms with van der Waals surface area (Å²) in [5.74, 6) is -0.722. The molecular weight excluding hydrogens is 280 g/mol. The fourth-order valence-corrected chi connectivity index (χ4v) is 3.19. The minimum Gasteiger partial charge on any atom is -0.478 e. The summed E-state index contributed by atoms with van der Waals surface area (Å²) in [5.41, 5.74) is 0.118. The first kappa shape index (κ1) is 14.8. The maximum absolute atomic E-state index is 12.2. The third-order valence-corrected chi connectivity index (χ3v) is 4.29. The Bertz CT molecular complexity index is 486. The third-order valence-electron chi connectivity index (χ3n) is 3.46. The van der Waals surface area contributed by atoms with E-state index in [9.17, 15) is 9.59 Å². The van der Waals surface area contributed by atoms with Gasteiger partial charge in [-0.25, -0.2) is 9.59 Å². The Morgan fingerprint density at radius 2 is 2.30 bits per heavy atom. The van der Waals surface area contributed by atoms with Crippen LogP contribution in [-0.2, 0) is 0 Å². The van der Waals surface area contributed by atoms with Crippen LogP contribution < -0.4 is 5.32 Å². The van der Waals surface area contributed by atoms with Crippen LogP contribution in [-0.4, -0.2) is 46.8 Å². The molecule has 0 spiro atoms. The van der Waals surface area contributed by atoms with Crippen LogP contribution in [0.5, 0.6) is 0 Å². The molecule has 1 fully saturated rings. The highest BCUT2D eigenvalue weighted by Gasteiger charge is 2.24. The van der Waals surface area contributed by atoms with Crippen molar-refractivity contribution < 1.29 is 19.8 Å². The first-order valence-corrected chi connectivity index (χ1v) is 7.47. The van der Waals surface area contributed by atoms with Crippen molar-refractivity contribution in [1.29, 1.82) is 0 Å². The average molecular weight is 298 g/mol. The standard InChI is InChI=1S/C13H18N2O4S/c16-6-3-9-2-1-5-15(8-9)13(19)14-11-10(12(17)18)4-7-20-11/h4,7,9,16H,1-3,5-6,8H2,(H,14,19)(H,17,18). The number of likely N-dealkylation sites (tertiary alicyclic amines) is 1. The minimum absolute atomic E-state index is 0.118. The Morgan fingerprint density at radius 3 is 3.00 bits per heavy atom. The van der Waals surface area contributed by atoms with Crippen molar-refractivity contribution in [3.05, 3.63) is 17.0 Å². The number of aliphatic hydroxyl groups excluding tert-OH is 1. The second-order valence-corrected chi connectivity index (χ2v) is 5.78. The quantitative estimate of drug-likeness (QED) is 0.794. The number of hydrogen-bond donors (Lipinski definition) is 3. The van der Waals surface area contributed by atoms with Gasteiger partial charge in [0.15, 0.2) is 0 Å². The van der Waals surface area contributed by atoms with E-state index < -0.39 is 5.97 Å². The zero-order valence-electron chi connectivity index (χ0n) is 11.0. The predicted molar refractivity (Wildman–Crippen MR) is 76.3 cm³/mol. The van der Waals surface area contributed by atoms with Crippen molar-refractivity contribution in [2.45, 2.75) is 19.3 Å². The monoisotopic (exact) mass is 298 g/mol. The fraction of sp³-hybridized carbons (Fsp3) is 0.538. The summed E-state index contributed by atoms with van der Waals surface area (Å²) in [6.07, 6.45) is 2.63. The number of piperidine rings is 1. The van der Waals surface area contributed by atoms with Crippen molar-refractivity contribution in [2.24, 2.45) is 5.92 Å². The molecule has 0 aliphatic carbocycles. The normalized spacial score (nSPS) is 18.9. The number of aromatic carboxylic acids is 1. The van der Waals surface area contributed by atoms with E-state index in [0.717, 1.165) is 12.8 Å². The molecule has 2 heterocycles. The molecule has 0 aromatic carbocycles. The molecule has 1 aliphatic heterocycles. The Morgan fingerprint density at radius 1 is 1.50 bits per heavy atom. The summed E-state index contributed by atoms with van der Waals surface area (Å²) >= 11 is 1.20. The molecule has 1 aromatic heterocycles. The van der Waals surface area contributed by atoms with Crippen LogP contribution in [0.15, 0.2) is 11.4 Å². The highest BCUT2D eigenvalue weighted by Crippen LogP contribution is 2.25. The maximum atomic E-state index is 12.2. The number of carboxylic acid groups (broad SMARTS) is 1. The molecule has 2 rings (SSSR count). The van der Waals surface area contributed by atoms with Crippen LogP contribution in [0.3, 0.4) is 0 Å². The van der Waals surface area contributed by atoms with Crippen molar-refractivity contribution in [1.82, 2.24) is 4.90 Å². The maximum Gasteiger partial charge on any atom is 0.338 e. The van der Waals surface area contributed by atoms with Gasteiger partial charge in [-0.1, -0.05) is 0 Å². The van der Waals surface area contributed by atoms with Gasteiger partial charge in [0.25, 0.3) is 0 Å². The second kappa shape index (κ2) is 6.71. The lowest BCUT2D eigenvalue weighted by Crippen LogP contribution is -2.42. The first-order chi connectivity index (χ1) is 9.61. The van der Waals surface area contributed by atoms with Gasteiger partial charge in [0.1, 0.15) is 5.00 Å². The van der Waals surface area contributed by atoms with E-state index >= 15 is 0 Å². The van der Waals surface area contributed by atoms with Gasteiger partial charge in [0, 0.05) is 19.7 Å². The number of nitrogens with one attached hydrogen (secondary N) is 1. The smallest absolute Gasteiger partial charge is 0.338 e. The molecular formula is C13H18N2O4S. The van der Waals surface area contributed by atoms with Crippen LogP contribution >= 0.6 is 11.3 Å². The molecule has 1 unspecified atom stereocenters. The second-order valence-electron chi connectivity index (χ2n) is 4.87. The Hall–Kier alpha value is -1.60. The number of aliphatic hydroxyl groups is 1. The van der Waals surface area contributed by atoms with Crippen LogP contribution in [0.2, 0.25) is 0 Å². The number of urea groups is 1. The van der Waals surface area contributed by atoms with Gasteiger partial charge in [-0.2, -0.15) is 0 Å². The molecule has 0 saturated carbocycles. The van der Waals surface area contributed by atoms with E-state index in [0.29, 0.717) is 30.4 Å². The molecule has 0 bridgehead atoms. The number of rotatable bonds is 4. The number of nitrogens with zero attached hydrogens (tertiary/aromatic N) is 1. The number of carboxylic acids is 1. The fourth-order valence-electron chi connectivity index (χ4n) is 2.42. The van der Waals surface area contributed by atoms with Gasteiger partial charge >= 0.3 is 12.0 Å². The third kappa shape index (κ3) is 3.49. The van der Waals surface area contributed by atoms with Gasteiger partial charge in [0.05, 0.1) is 5.56 Å². The number of anilines is 1. The number of hydrogen-bond acceptors (Lipinski definition) is 4. The van der Waals surface area contributed by atoms with Crippen LogP contribution in [0.4, 0.5) is 9.80 Å². The molecule has 1 aromatic rings. The molecule has 0 radical (unpaired) electrons. The van der Waals surface area contributed by atoms with E-state index in [1.165, 1.54) is 17.4 Å². The molecule has 6 nitrogen and oxygen atoms in total. The van der Waals surface area contributed by atoms with E-state index in [4.69, 9.17) is 10.2 Å². The lowest BCUT2D eigenvalue weighted by molar-refractivity contribution is 0.0698. The molecule has 7 heteroatoms. The van der Waals surface area contributed by atoms with E-state index in [1.54, 1.807) is 10.3 Å². The van der Waals surface area contributed by atoms with Crippen molar-refractivity contribution in [3.8, 4) is 0 Å². The van der Waals surface area contributed by atoms with Gasteiger partial charge < -0.3 is 15.1 Å². The van der Waals surface area contributed by atoms with Gasteiger partial charge in [-0.3, -0.25) is 5.32 Å². The van der Waals surface area contributed by atoms with Crippen LogP contribution in [0, 0.1) is 5.92 Å². The number of amides is 2. The molecule has 1 atom stereocenters. The van der Waals surface area contributed by atoms with E-state index in [-0.39, 0.29) is 18.2 Å².